The first-order valence-corrected chi connectivity index (χ1v) is 6.27. The molecule has 90 valence electrons. The van der Waals surface area contributed by atoms with E-state index in [-0.39, 0.29) is 0 Å². The maximum Gasteiger partial charge on any atom is 0.118 e. The Balaban J connectivity index is 2.19. The summed E-state index contributed by atoms with van der Waals surface area (Å²) in [5.74, 6) is 0.369. The van der Waals surface area contributed by atoms with Gasteiger partial charge in [-0.3, -0.25) is 0 Å². The Hall–Kier alpha value is -1.18. The van der Waals surface area contributed by atoms with Crippen LogP contribution in [0.2, 0.25) is 0 Å². The zero-order valence-electron chi connectivity index (χ0n) is 10.4. The minimum Gasteiger partial charge on any atom is -0.508 e. The van der Waals surface area contributed by atoms with Crippen LogP contribution in [0, 0.1) is 6.92 Å². The largest absolute Gasteiger partial charge is 0.508 e. The van der Waals surface area contributed by atoms with Crippen LogP contribution in [0.1, 0.15) is 44.6 Å². The number of phenolic OH excluding ortho intramolecular Hbond substituents is 1. The van der Waals surface area contributed by atoms with Crippen LogP contribution in [-0.2, 0) is 0 Å². The lowest BCUT2D eigenvalue weighted by atomic mass is 10.1. The highest BCUT2D eigenvalue weighted by molar-refractivity contribution is 5.50. The first kappa shape index (κ1) is 12.9. The number of anilines is 1. The molecule has 0 amide bonds. The van der Waals surface area contributed by atoms with Crippen LogP contribution in [-0.4, -0.2) is 11.7 Å². The smallest absolute Gasteiger partial charge is 0.118 e. The molecule has 1 aromatic rings. The van der Waals surface area contributed by atoms with Crippen molar-refractivity contribution in [2.75, 3.05) is 11.9 Å². The number of benzene rings is 1. The number of hydrogen-bond donors (Lipinski definition) is 2. The Bertz CT molecular complexity index is 310. The topological polar surface area (TPSA) is 32.3 Å². The van der Waals surface area contributed by atoms with Gasteiger partial charge in [0.2, 0.25) is 0 Å². The van der Waals surface area contributed by atoms with E-state index >= 15 is 0 Å². The number of phenols is 1. The fraction of sp³-hybridized carbons (Fsp3) is 0.571. The molecule has 0 saturated carbocycles. The molecule has 0 unspecified atom stereocenters. The molecule has 0 atom stereocenters. The predicted octanol–water partition coefficient (Wildman–Crippen LogP) is 4.08. The molecule has 0 aromatic heterocycles. The summed E-state index contributed by atoms with van der Waals surface area (Å²) < 4.78 is 0. The zero-order chi connectivity index (χ0) is 11.8. The molecule has 2 N–H and O–H groups in total. The number of aromatic hydroxyl groups is 1. The SMILES string of the molecule is CCCCCCCNc1ccc(O)c(C)c1. The molecule has 2 heteroatoms. The third-order valence-corrected chi connectivity index (χ3v) is 2.81. The number of hydrogen-bond acceptors (Lipinski definition) is 2. The van der Waals surface area contributed by atoms with Crippen molar-refractivity contribution in [3.8, 4) is 5.75 Å². The minimum atomic E-state index is 0.369. The van der Waals surface area contributed by atoms with E-state index in [9.17, 15) is 5.11 Å². The molecule has 0 aliphatic heterocycles. The number of aryl methyl sites for hydroxylation is 1. The number of unbranched alkanes of at least 4 members (excludes halogenated alkanes) is 4. The van der Waals surface area contributed by atoms with Crippen LogP contribution in [0.25, 0.3) is 0 Å². The molecule has 0 spiro atoms. The highest BCUT2D eigenvalue weighted by Gasteiger charge is 1.97. The second-order valence-corrected chi connectivity index (χ2v) is 4.34. The summed E-state index contributed by atoms with van der Waals surface area (Å²) in [6, 6.07) is 5.66. The van der Waals surface area contributed by atoms with Crippen molar-refractivity contribution >= 4 is 5.69 Å². The summed E-state index contributed by atoms with van der Waals surface area (Å²) >= 11 is 0. The molecule has 0 aliphatic rings. The van der Waals surface area contributed by atoms with Crippen LogP contribution in [0.5, 0.6) is 5.75 Å². The third kappa shape index (κ3) is 4.56. The molecule has 16 heavy (non-hydrogen) atoms. The Morgan fingerprint density at radius 2 is 1.88 bits per heavy atom. The van der Waals surface area contributed by atoms with Crippen LogP contribution in [0.4, 0.5) is 5.69 Å². The lowest BCUT2D eigenvalue weighted by molar-refractivity contribution is 0.471. The van der Waals surface area contributed by atoms with Gasteiger partial charge in [-0.1, -0.05) is 32.6 Å². The van der Waals surface area contributed by atoms with Gasteiger partial charge in [-0.15, -0.1) is 0 Å². The second kappa shape index (κ2) is 7.15. The summed E-state index contributed by atoms with van der Waals surface area (Å²) in [5.41, 5.74) is 2.03. The first-order chi connectivity index (χ1) is 7.74. The van der Waals surface area contributed by atoms with E-state index in [0.717, 1.165) is 17.8 Å². The van der Waals surface area contributed by atoms with Crippen molar-refractivity contribution in [3.05, 3.63) is 23.8 Å². The first-order valence-electron chi connectivity index (χ1n) is 6.27. The average molecular weight is 221 g/mol. The van der Waals surface area contributed by atoms with Crippen molar-refractivity contribution in [1.82, 2.24) is 0 Å². The van der Waals surface area contributed by atoms with Crippen LogP contribution in [0.15, 0.2) is 18.2 Å². The fourth-order valence-corrected chi connectivity index (χ4v) is 1.73. The molecule has 1 aromatic carbocycles. The van der Waals surface area contributed by atoms with Crippen LogP contribution < -0.4 is 5.32 Å². The summed E-state index contributed by atoms with van der Waals surface area (Å²) in [4.78, 5) is 0. The van der Waals surface area contributed by atoms with E-state index in [0.29, 0.717) is 5.75 Å². The Morgan fingerprint density at radius 1 is 1.12 bits per heavy atom. The van der Waals surface area contributed by atoms with Gasteiger partial charge in [0.05, 0.1) is 0 Å². The molecule has 0 heterocycles. The van der Waals surface area contributed by atoms with E-state index in [1.54, 1.807) is 6.07 Å². The maximum absolute atomic E-state index is 9.38. The Kier molecular flexibility index (Phi) is 5.76. The molecule has 0 bridgehead atoms. The monoisotopic (exact) mass is 221 g/mol. The number of rotatable bonds is 7. The molecular formula is C14H23NO. The standard InChI is InChI=1S/C14H23NO/c1-3-4-5-6-7-10-15-13-8-9-14(16)12(2)11-13/h8-9,11,15-16H,3-7,10H2,1-2H3. The zero-order valence-corrected chi connectivity index (χ0v) is 10.4. The van der Waals surface area contributed by atoms with Crippen molar-refractivity contribution in [2.24, 2.45) is 0 Å². The summed E-state index contributed by atoms with van der Waals surface area (Å²) in [6.07, 6.45) is 6.51. The van der Waals surface area contributed by atoms with Crippen molar-refractivity contribution in [1.29, 1.82) is 0 Å². The molecule has 0 aliphatic carbocycles. The molecular weight excluding hydrogens is 198 g/mol. The van der Waals surface area contributed by atoms with Gasteiger partial charge in [0.25, 0.3) is 0 Å². The maximum atomic E-state index is 9.38. The van der Waals surface area contributed by atoms with Gasteiger partial charge in [0, 0.05) is 12.2 Å². The van der Waals surface area contributed by atoms with Gasteiger partial charge < -0.3 is 10.4 Å². The van der Waals surface area contributed by atoms with Crippen molar-refractivity contribution in [3.63, 3.8) is 0 Å². The van der Waals surface area contributed by atoms with E-state index in [4.69, 9.17) is 0 Å². The van der Waals surface area contributed by atoms with Gasteiger partial charge in [0.15, 0.2) is 0 Å². The van der Waals surface area contributed by atoms with E-state index in [1.165, 1.54) is 32.1 Å². The quantitative estimate of drug-likeness (QED) is 0.537. The Labute approximate surface area is 98.7 Å². The third-order valence-electron chi connectivity index (χ3n) is 2.81. The van der Waals surface area contributed by atoms with Crippen molar-refractivity contribution < 1.29 is 5.11 Å². The minimum absolute atomic E-state index is 0.369. The highest BCUT2D eigenvalue weighted by atomic mass is 16.3. The van der Waals surface area contributed by atoms with E-state index in [2.05, 4.69) is 12.2 Å². The molecule has 0 saturated heterocycles. The predicted molar refractivity (Wildman–Crippen MR) is 70.1 cm³/mol. The molecule has 1 rings (SSSR count). The van der Waals surface area contributed by atoms with Gasteiger partial charge in [-0.05, 0) is 37.1 Å². The highest BCUT2D eigenvalue weighted by Crippen LogP contribution is 2.20. The van der Waals surface area contributed by atoms with E-state index < -0.39 is 0 Å². The van der Waals surface area contributed by atoms with Gasteiger partial charge in [-0.2, -0.15) is 0 Å². The second-order valence-electron chi connectivity index (χ2n) is 4.34. The molecule has 0 radical (unpaired) electrons. The summed E-state index contributed by atoms with van der Waals surface area (Å²) in [6.45, 7) is 5.17. The van der Waals surface area contributed by atoms with Gasteiger partial charge in [0.1, 0.15) is 5.75 Å². The average Bonchev–Trinajstić information content (AvgIpc) is 2.28. The fourth-order valence-electron chi connectivity index (χ4n) is 1.73. The van der Waals surface area contributed by atoms with Crippen LogP contribution >= 0.6 is 0 Å². The lowest BCUT2D eigenvalue weighted by Gasteiger charge is -2.07. The van der Waals surface area contributed by atoms with Crippen molar-refractivity contribution in [2.45, 2.75) is 46.0 Å². The number of nitrogens with one attached hydrogen (secondary N) is 1. The van der Waals surface area contributed by atoms with Gasteiger partial charge >= 0.3 is 0 Å². The normalized spacial score (nSPS) is 10.4. The van der Waals surface area contributed by atoms with Gasteiger partial charge in [-0.25, -0.2) is 0 Å². The molecule has 2 nitrogen and oxygen atoms in total. The summed E-state index contributed by atoms with van der Waals surface area (Å²) in [5, 5.41) is 12.8. The van der Waals surface area contributed by atoms with Crippen LogP contribution in [0.3, 0.4) is 0 Å². The summed E-state index contributed by atoms with van der Waals surface area (Å²) in [7, 11) is 0. The Morgan fingerprint density at radius 3 is 2.56 bits per heavy atom. The lowest BCUT2D eigenvalue weighted by Crippen LogP contribution is -2.01. The van der Waals surface area contributed by atoms with E-state index in [1.807, 2.05) is 19.1 Å². The molecule has 0 fully saturated rings.